The van der Waals surface area contributed by atoms with Gasteiger partial charge >= 0.3 is 5.97 Å². The Morgan fingerprint density at radius 3 is 2.53 bits per heavy atom. The molecule has 0 bridgehead atoms. The molecule has 0 aliphatic heterocycles. The van der Waals surface area contributed by atoms with Crippen molar-refractivity contribution < 1.29 is 19.1 Å². The van der Waals surface area contributed by atoms with Crippen molar-refractivity contribution in [2.24, 2.45) is 17.6 Å². The predicted molar refractivity (Wildman–Crippen MR) is 69.4 cm³/mol. The molecule has 0 fully saturated rings. The van der Waals surface area contributed by atoms with Crippen LogP contribution in [0.3, 0.4) is 0 Å². The van der Waals surface area contributed by atoms with Gasteiger partial charge in [0.2, 0.25) is 5.91 Å². The number of carboxylic acids is 1. The highest BCUT2D eigenvalue weighted by Gasteiger charge is 2.23. The molecule has 6 heteroatoms. The lowest BCUT2D eigenvalue weighted by Gasteiger charge is -2.19. The van der Waals surface area contributed by atoms with Crippen LogP contribution >= 0.6 is 0 Å². The van der Waals surface area contributed by atoms with Gasteiger partial charge in [0.15, 0.2) is 0 Å². The summed E-state index contributed by atoms with van der Waals surface area (Å²) in [4.78, 5) is 22.9. The second-order valence-corrected chi connectivity index (χ2v) is 4.54. The second kappa shape index (κ2) is 6.29. The van der Waals surface area contributed by atoms with Gasteiger partial charge in [0, 0.05) is 6.54 Å². The maximum absolute atomic E-state index is 13.4. The zero-order valence-electron chi connectivity index (χ0n) is 10.8. The molecule has 104 valence electrons. The van der Waals surface area contributed by atoms with Crippen LogP contribution in [0.1, 0.15) is 24.2 Å². The van der Waals surface area contributed by atoms with E-state index < -0.39 is 29.2 Å². The summed E-state index contributed by atoms with van der Waals surface area (Å²) in [6.07, 6.45) is 0. The number of hydrogen-bond donors (Lipinski definition) is 3. The van der Waals surface area contributed by atoms with Crippen LogP contribution in [0.15, 0.2) is 18.2 Å². The minimum absolute atomic E-state index is 0.00633. The summed E-state index contributed by atoms with van der Waals surface area (Å²) in [5.41, 5.74) is 4.90. The summed E-state index contributed by atoms with van der Waals surface area (Å²) >= 11 is 0. The largest absolute Gasteiger partial charge is 0.478 e. The van der Waals surface area contributed by atoms with Gasteiger partial charge in [-0.25, -0.2) is 9.18 Å². The Morgan fingerprint density at radius 2 is 2.05 bits per heavy atom. The lowest BCUT2D eigenvalue weighted by Crippen LogP contribution is -2.33. The van der Waals surface area contributed by atoms with Gasteiger partial charge in [0.1, 0.15) is 11.4 Å². The Bertz CT molecular complexity index is 489. The van der Waals surface area contributed by atoms with Crippen LogP contribution in [0.5, 0.6) is 0 Å². The lowest BCUT2D eigenvalue weighted by atomic mass is 9.95. The number of halogens is 1. The maximum atomic E-state index is 13.4. The number of anilines is 1. The van der Waals surface area contributed by atoms with Gasteiger partial charge in [-0.3, -0.25) is 4.79 Å². The smallest absolute Gasteiger partial charge is 0.340 e. The lowest BCUT2D eigenvalue weighted by molar-refractivity contribution is -0.120. The quantitative estimate of drug-likeness (QED) is 0.757. The van der Waals surface area contributed by atoms with E-state index in [-0.39, 0.29) is 18.2 Å². The Kier molecular flexibility index (Phi) is 5.00. The highest BCUT2D eigenvalue weighted by molar-refractivity contribution is 6.01. The van der Waals surface area contributed by atoms with E-state index in [0.717, 1.165) is 6.07 Å². The topological polar surface area (TPSA) is 92.4 Å². The van der Waals surface area contributed by atoms with E-state index in [1.54, 1.807) is 0 Å². The van der Waals surface area contributed by atoms with Crippen LogP contribution < -0.4 is 11.1 Å². The molecule has 0 aliphatic rings. The number of carbonyl (C=O) groups excluding carboxylic acids is 1. The molecule has 1 atom stereocenters. The van der Waals surface area contributed by atoms with Gasteiger partial charge in [0.05, 0.1) is 11.6 Å². The Labute approximate surface area is 110 Å². The average molecular weight is 268 g/mol. The van der Waals surface area contributed by atoms with Crippen LogP contribution in [-0.2, 0) is 4.79 Å². The van der Waals surface area contributed by atoms with Crippen molar-refractivity contribution >= 4 is 17.6 Å². The number of carbonyl (C=O) groups is 2. The van der Waals surface area contributed by atoms with Crippen molar-refractivity contribution in [2.45, 2.75) is 13.8 Å². The molecule has 19 heavy (non-hydrogen) atoms. The number of carboxylic acid groups (broad SMARTS) is 1. The molecule has 1 aromatic carbocycles. The highest BCUT2D eigenvalue weighted by atomic mass is 19.1. The second-order valence-electron chi connectivity index (χ2n) is 4.54. The van der Waals surface area contributed by atoms with Gasteiger partial charge in [-0.2, -0.15) is 0 Å². The van der Waals surface area contributed by atoms with E-state index in [1.165, 1.54) is 12.1 Å². The van der Waals surface area contributed by atoms with E-state index in [0.29, 0.717) is 0 Å². The first-order valence-electron chi connectivity index (χ1n) is 5.91. The number of hydrogen-bond acceptors (Lipinski definition) is 3. The molecule has 1 unspecified atom stereocenters. The monoisotopic (exact) mass is 268 g/mol. The molecule has 0 aliphatic carbocycles. The first-order valence-corrected chi connectivity index (χ1v) is 5.91. The van der Waals surface area contributed by atoms with Crippen LogP contribution in [0.25, 0.3) is 0 Å². The number of nitrogens with two attached hydrogens (primary N) is 1. The molecule has 1 aromatic rings. The van der Waals surface area contributed by atoms with Gasteiger partial charge in [0.25, 0.3) is 0 Å². The van der Waals surface area contributed by atoms with Crippen molar-refractivity contribution in [3.05, 3.63) is 29.6 Å². The fourth-order valence-corrected chi connectivity index (χ4v) is 1.75. The number of rotatable bonds is 5. The Hall–Kier alpha value is -1.95. The first kappa shape index (κ1) is 15.1. The molecule has 0 aromatic heterocycles. The summed E-state index contributed by atoms with van der Waals surface area (Å²) < 4.78 is 13.4. The SMILES string of the molecule is CC(C)C(CN)C(=O)Nc1cccc(F)c1C(=O)O. The van der Waals surface area contributed by atoms with Crippen LogP contribution in [0.2, 0.25) is 0 Å². The third-order valence-corrected chi connectivity index (χ3v) is 2.88. The van der Waals surface area contributed by atoms with E-state index in [2.05, 4.69) is 5.32 Å². The number of nitrogens with one attached hydrogen (secondary N) is 1. The number of benzene rings is 1. The summed E-state index contributed by atoms with van der Waals surface area (Å²) in [5.74, 6) is -3.18. The minimum atomic E-state index is -1.43. The summed E-state index contributed by atoms with van der Waals surface area (Å²) in [6, 6.07) is 3.71. The summed E-state index contributed by atoms with van der Waals surface area (Å²) in [5, 5.41) is 11.4. The van der Waals surface area contributed by atoms with Crippen LogP contribution in [0.4, 0.5) is 10.1 Å². The Morgan fingerprint density at radius 1 is 1.42 bits per heavy atom. The van der Waals surface area contributed by atoms with Crippen molar-refractivity contribution in [3.8, 4) is 0 Å². The maximum Gasteiger partial charge on any atom is 0.340 e. The molecule has 4 N–H and O–H groups in total. The van der Waals surface area contributed by atoms with E-state index in [1.807, 2.05) is 13.8 Å². The van der Waals surface area contributed by atoms with E-state index >= 15 is 0 Å². The zero-order chi connectivity index (χ0) is 14.6. The third kappa shape index (κ3) is 3.51. The third-order valence-electron chi connectivity index (χ3n) is 2.88. The fraction of sp³-hybridized carbons (Fsp3) is 0.385. The molecule has 0 spiro atoms. The van der Waals surface area contributed by atoms with Gasteiger partial charge < -0.3 is 16.2 Å². The zero-order valence-corrected chi connectivity index (χ0v) is 10.8. The van der Waals surface area contributed by atoms with Crippen molar-refractivity contribution in [3.63, 3.8) is 0 Å². The minimum Gasteiger partial charge on any atom is -0.478 e. The number of amides is 1. The predicted octanol–water partition coefficient (Wildman–Crippen LogP) is 1.69. The fourth-order valence-electron chi connectivity index (χ4n) is 1.75. The normalized spacial score (nSPS) is 12.3. The summed E-state index contributed by atoms with van der Waals surface area (Å²) in [7, 11) is 0. The molecular weight excluding hydrogens is 251 g/mol. The summed E-state index contributed by atoms with van der Waals surface area (Å²) in [6.45, 7) is 3.81. The van der Waals surface area contributed by atoms with Gasteiger partial charge in [-0.1, -0.05) is 19.9 Å². The molecule has 0 saturated heterocycles. The highest BCUT2D eigenvalue weighted by Crippen LogP contribution is 2.21. The van der Waals surface area contributed by atoms with Crippen molar-refractivity contribution in [2.75, 3.05) is 11.9 Å². The van der Waals surface area contributed by atoms with Gasteiger partial charge in [-0.05, 0) is 18.1 Å². The Balaban J connectivity index is 3.03. The van der Waals surface area contributed by atoms with Crippen LogP contribution in [0, 0.1) is 17.7 Å². The van der Waals surface area contributed by atoms with Crippen molar-refractivity contribution in [1.82, 2.24) is 0 Å². The van der Waals surface area contributed by atoms with Gasteiger partial charge in [-0.15, -0.1) is 0 Å². The molecule has 5 nitrogen and oxygen atoms in total. The molecule has 0 heterocycles. The van der Waals surface area contributed by atoms with E-state index in [4.69, 9.17) is 10.8 Å². The van der Waals surface area contributed by atoms with E-state index in [9.17, 15) is 14.0 Å². The molecular formula is C13H17FN2O3. The van der Waals surface area contributed by atoms with Crippen LogP contribution in [-0.4, -0.2) is 23.5 Å². The molecule has 0 saturated carbocycles. The molecule has 0 radical (unpaired) electrons. The number of aromatic carboxylic acids is 1. The standard InChI is InChI=1S/C13H17FN2O3/c1-7(2)8(6-15)12(17)16-10-5-3-4-9(14)11(10)13(18)19/h3-5,7-8H,6,15H2,1-2H3,(H,16,17)(H,18,19). The first-order chi connectivity index (χ1) is 8.88. The molecule has 1 rings (SSSR count). The van der Waals surface area contributed by atoms with Crippen molar-refractivity contribution in [1.29, 1.82) is 0 Å². The average Bonchev–Trinajstić information content (AvgIpc) is 2.28. The molecule has 1 amide bonds.